The number of rotatable bonds is 7. The van der Waals surface area contributed by atoms with Crippen molar-refractivity contribution in [3.05, 3.63) is 117 Å². The highest BCUT2D eigenvalue weighted by Gasteiger charge is 2.29. The SMILES string of the molecule is CC1=NN(c2cccc(C(=O)O)c2)C(=O)/C1=C\c1ccc(-c2ccc(Cl)c(C(=O)NCc3ccccc3Cl)c2)o1. The molecule has 8 nitrogen and oxygen atoms in total. The summed E-state index contributed by atoms with van der Waals surface area (Å²) in [5.41, 5.74) is 2.82. The van der Waals surface area contributed by atoms with Crippen molar-refractivity contribution in [1.29, 1.82) is 0 Å². The van der Waals surface area contributed by atoms with Crippen LogP contribution in [0.25, 0.3) is 17.4 Å². The molecule has 1 aliphatic rings. The van der Waals surface area contributed by atoms with E-state index < -0.39 is 11.9 Å². The Balaban J connectivity index is 1.35. The molecule has 0 saturated heterocycles. The first-order chi connectivity index (χ1) is 19.2. The summed E-state index contributed by atoms with van der Waals surface area (Å²) in [6, 6.07) is 21.6. The summed E-state index contributed by atoms with van der Waals surface area (Å²) in [5, 5.41) is 18.4. The van der Waals surface area contributed by atoms with Crippen molar-refractivity contribution in [3.8, 4) is 11.3 Å². The molecule has 1 aliphatic heterocycles. The molecule has 0 spiro atoms. The molecule has 0 bridgehead atoms. The van der Waals surface area contributed by atoms with E-state index in [1.54, 1.807) is 61.5 Å². The Kier molecular flexibility index (Phi) is 7.55. The maximum atomic E-state index is 13.1. The lowest BCUT2D eigenvalue weighted by molar-refractivity contribution is -0.114. The van der Waals surface area contributed by atoms with Gasteiger partial charge in [0.15, 0.2) is 0 Å². The predicted molar refractivity (Wildman–Crippen MR) is 154 cm³/mol. The van der Waals surface area contributed by atoms with Gasteiger partial charge in [-0.05, 0) is 73.2 Å². The van der Waals surface area contributed by atoms with Crippen LogP contribution in [0.3, 0.4) is 0 Å². The van der Waals surface area contributed by atoms with E-state index in [-0.39, 0.29) is 28.6 Å². The third-order valence-electron chi connectivity index (χ3n) is 6.21. The third-order valence-corrected chi connectivity index (χ3v) is 6.90. The highest BCUT2D eigenvalue weighted by Crippen LogP contribution is 2.30. The van der Waals surface area contributed by atoms with Gasteiger partial charge in [-0.15, -0.1) is 0 Å². The van der Waals surface area contributed by atoms with Crippen molar-refractivity contribution in [2.45, 2.75) is 13.5 Å². The van der Waals surface area contributed by atoms with Crippen LogP contribution >= 0.6 is 23.2 Å². The molecule has 0 fully saturated rings. The zero-order valence-electron chi connectivity index (χ0n) is 21.0. The molecule has 2 N–H and O–H groups in total. The number of carbonyl (C=O) groups is 3. The molecule has 0 aliphatic carbocycles. The summed E-state index contributed by atoms with van der Waals surface area (Å²) in [5.74, 6) is -1.02. The van der Waals surface area contributed by atoms with Crippen molar-refractivity contribution < 1.29 is 23.9 Å². The number of nitrogens with zero attached hydrogens (tertiary/aromatic N) is 2. The van der Waals surface area contributed by atoms with Gasteiger partial charge in [-0.2, -0.15) is 10.1 Å². The minimum atomic E-state index is -1.10. The number of benzene rings is 3. The second-order valence-electron chi connectivity index (χ2n) is 8.89. The van der Waals surface area contributed by atoms with E-state index in [0.717, 1.165) is 10.6 Å². The largest absolute Gasteiger partial charge is 0.478 e. The maximum absolute atomic E-state index is 13.1. The highest BCUT2D eigenvalue weighted by molar-refractivity contribution is 6.34. The first-order valence-corrected chi connectivity index (χ1v) is 12.8. The zero-order valence-corrected chi connectivity index (χ0v) is 22.5. The van der Waals surface area contributed by atoms with Crippen LogP contribution < -0.4 is 10.3 Å². The number of furan rings is 1. The van der Waals surface area contributed by atoms with Crippen LogP contribution in [0.4, 0.5) is 5.69 Å². The predicted octanol–water partition coefficient (Wildman–Crippen LogP) is 6.69. The second-order valence-corrected chi connectivity index (χ2v) is 9.70. The number of nitrogens with one attached hydrogen (secondary N) is 1. The van der Waals surface area contributed by atoms with Crippen molar-refractivity contribution in [3.63, 3.8) is 0 Å². The van der Waals surface area contributed by atoms with E-state index in [4.69, 9.17) is 27.6 Å². The normalized spacial score (nSPS) is 14.0. The van der Waals surface area contributed by atoms with E-state index in [1.807, 2.05) is 18.2 Å². The number of hydrazone groups is 1. The smallest absolute Gasteiger partial charge is 0.335 e. The Bertz CT molecular complexity index is 1720. The van der Waals surface area contributed by atoms with Gasteiger partial charge in [0.1, 0.15) is 11.5 Å². The van der Waals surface area contributed by atoms with Crippen LogP contribution in [0, 0.1) is 0 Å². The lowest BCUT2D eigenvalue weighted by atomic mass is 10.1. The van der Waals surface area contributed by atoms with Crippen LogP contribution in [0.15, 0.2) is 94.0 Å². The number of hydrogen-bond acceptors (Lipinski definition) is 5. The van der Waals surface area contributed by atoms with Gasteiger partial charge >= 0.3 is 5.97 Å². The van der Waals surface area contributed by atoms with Crippen molar-refractivity contribution >= 4 is 58.5 Å². The number of hydrogen-bond donors (Lipinski definition) is 2. The lowest BCUT2D eigenvalue weighted by Crippen LogP contribution is -2.23. The minimum Gasteiger partial charge on any atom is -0.478 e. The highest BCUT2D eigenvalue weighted by atomic mass is 35.5. The summed E-state index contributed by atoms with van der Waals surface area (Å²) in [6.07, 6.45) is 1.57. The summed E-state index contributed by atoms with van der Waals surface area (Å²) >= 11 is 12.5. The zero-order chi connectivity index (χ0) is 28.4. The molecule has 3 aromatic carbocycles. The van der Waals surface area contributed by atoms with Crippen LogP contribution in [-0.2, 0) is 11.3 Å². The number of anilines is 1. The number of carboxylic acid groups (broad SMARTS) is 1. The van der Waals surface area contributed by atoms with Gasteiger partial charge in [0.2, 0.25) is 0 Å². The maximum Gasteiger partial charge on any atom is 0.335 e. The molecular formula is C30H21Cl2N3O5. The van der Waals surface area contributed by atoms with E-state index >= 15 is 0 Å². The molecule has 40 heavy (non-hydrogen) atoms. The van der Waals surface area contributed by atoms with Gasteiger partial charge in [-0.25, -0.2) is 4.79 Å². The van der Waals surface area contributed by atoms with Crippen molar-refractivity contribution in [1.82, 2.24) is 5.32 Å². The number of carboxylic acids is 1. The molecule has 0 atom stereocenters. The molecule has 0 radical (unpaired) electrons. The van der Waals surface area contributed by atoms with E-state index in [0.29, 0.717) is 39.1 Å². The fourth-order valence-corrected chi connectivity index (χ4v) is 4.53. The number of amides is 2. The fourth-order valence-electron chi connectivity index (χ4n) is 4.12. The summed E-state index contributed by atoms with van der Waals surface area (Å²) < 4.78 is 5.97. The molecule has 1 aromatic heterocycles. The van der Waals surface area contributed by atoms with Gasteiger partial charge in [0.25, 0.3) is 11.8 Å². The minimum absolute atomic E-state index is 0.0474. The van der Waals surface area contributed by atoms with Crippen LogP contribution in [-0.4, -0.2) is 28.6 Å². The Morgan fingerprint density at radius 1 is 1.00 bits per heavy atom. The molecule has 2 heterocycles. The average molecular weight is 574 g/mol. The molecular weight excluding hydrogens is 553 g/mol. The van der Waals surface area contributed by atoms with Crippen LogP contribution in [0.5, 0.6) is 0 Å². The molecule has 0 unspecified atom stereocenters. The van der Waals surface area contributed by atoms with Crippen LogP contribution in [0.2, 0.25) is 10.0 Å². The molecule has 200 valence electrons. The summed E-state index contributed by atoms with van der Waals surface area (Å²) in [7, 11) is 0. The van der Waals surface area contributed by atoms with Gasteiger partial charge in [0, 0.05) is 17.1 Å². The van der Waals surface area contributed by atoms with E-state index in [1.165, 1.54) is 12.1 Å². The van der Waals surface area contributed by atoms with Crippen molar-refractivity contribution in [2.24, 2.45) is 5.10 Å². The lowest BCUT2D eigenvalue weighted by Gasteiger charge is -2.12. The first-order valence-electron chi connectivity index (χ1n) is 12.1. The summed E-state index contributed by atoms with van der Waals surface area (Å²) in [6.45, 7) is 1.92. The van der Waals surface area contributed by atoms with Gasteiger partial charge < -0.3 is 14.8 Å². The van der Waals surface area contributed by atoms with Gasteiger partial charge in [0.05, 0.1) is 33.1 Å². The Hall–Kier alpha value is -4.66. The Labute approximate surface area is 239 Å². The number of halogens is 2. The first kappa shape index (κ1) is 26.9. The molecule has 5 rings (SSSR count). The Morgan fingerprint density at radius 2 is 1.80 bits per heavy atom. The van der Waals surface area contributed by atoms with Gasteiger partial charge in [-0.1, -0.05) is 47.5 Å². The summed E-state index contributed by atoms with van der Waals surface area (Å²) in [4.78, 5) is 37.3. The van der Waals surface area contributed by atoms with E-state index in [9.17, 15) is 19.5 Å². The van der Waals surface area contributed by atoms with Crippen LogP contribution in [0.1, 0.15) is 39.0 Å². The second kappa shape index (κ2) is 11.2. The standard InChI is InChI=1S/C30H21Cl2N3O5/c1-17-23(29(37)35(34-17)21-7-4-6-19(13-21)30(38)39)15-22-10-12-27(40-22)18-9-11-26(32)24(14-18)28(36)33-16-20-5-2-3-8-25(20)31/h2-15H,16H2,1H3,(H,33,36)(H,38,39)/b23-15-. The molecule has 0 saturated carbocycles. The molecule has 10 heteroatoms. The monoisotopic (exact) mass is 573 g/mol. The Morgan fingerprint density at radius 3 is 2.58 bits per heavy atom. The number of aromatic carboxylic acids is 1. The average Bonchev–Trinajstić information content (AvgIpc) is 3.53. The fraction of sp³-hybridized carbons (Fsp3) is 0.0667. The molecule has 2 amide bonds. The van der Waals surface area contributed by atoms with E-state index in [2.05, 4.69) is 10.4 Å². The third kappa shape index (κ3) is 5.54. The molecule has 4 aromatic rings. The van der Waals surface area contributed by atoms with Gasteiger partial charge in [-0.3, -0.25) is 9.59 Å². The van der Waals surface area contributed by atoms with Crippen molar-refractivity contribution in [2.75, 3.05) is 5.01 Å². The topological polar surface area (TPSA) is 112 Å². The quantitative estimate of drug-likeness (QED) is 0.239. The number of carbonyl (C=O) groups excluding carboxylic acids is 2.